The van der Waals surface area contributed by atoms with E-state index in [0.717, 1.165) is 5.57 Å². The van der Waals surface area contributed by atoms with E-state index in [1.54, 1.807) is 0 Å². The van der Waals surface area contributed by atoms with E-state index < -0.39 is 6.03 Å². The predicted octanol–water partition coefficient (Wildman–Crippen LogP) is 0.144. The second-order valence-corrected chi connectivity index (χ2v) is 3.12. The van der Waals surface area contributed by atoms with Crippen LogP contribution in [-0.4, -0.2) is 6.03 Å². The molecule has 0 unspecified atom stereocenters. The van der Waals surface area contributed by atoms with Crippen molar-refractivity contribution in [2.75, 3.05) is 0 Å². The molecule has 0 aromatic heterocycles. The topological polar surface area (TPSA) is 79.2 Å². The third kappa shape index (κ3) is 2.70. The van der Waals surface area contributed by atoms with E-state index in [4.69, 9.17) is 5.73 Å². The number of hydrazine groups is 1. The smallest absolute Gasteiger partial charge is 0.317 e. The van der Waals surface area contributed by atoms with Gasteiger partial charge in [-0.05, 0) is 17.6 Å². The summed E-state index contributed by atoms with van der Waals surface area (Å²) in [5.74, 6) is 0.970. The molecule has 0 bridgehead atoms. The monoisotopic (exact) mass is 182 g/mol. The molecule has 13 heavy (non-hydrogen) atoms. The molecule has 0 saturated carbocycles. The highest BCUT2D eigenvalue weighted by molar-refractivity contribution is 5.73. The fourth-order valence-electron chi connectivity index (χ4n) is 0.975. The largest absolute Gasteiger partial charge is 0.351 e. The Hall–Kier alpha value is -1.65. The maximum absolute atomic E-state index is 10.5. The minimum Gasteiger partial charge on any atom is -0.351 e. The van der Waals surface area contributed by atoms with Gasteiger partial charge in [0.1, 0.15) is 5.82 Å². The Balaban J connectivity index is 2.67. The number of primary amides is 1. The van der Waals surface area contributed by atoms with Crippen LogP contribution in [0.25, 0.3) is 0 Å². The molecule has 5 heteroatoms. The quantitative estimate of drug-likeness (QED) is 0.490. The van der Waals surface area contributed by atoms with Crippen LogP contribution in [-0.2, 0) is 0 Å². The van der Waals surface area contributed by atoms with Gasteiger partial charge in [0, 0.05) is 6.20 Å². The van der Waals surface area contributed by atoms with E-state index in [2.05, 4.69) is 30.0 Å². The summed E-state index contributed by atoms with van der Waals surface area (Å²) in [6.07, 6.45) is 3.68. The molecule has 0 fully saturated rings. The van der Waals surface area contributed by atoms with Gasteiger partial charge in [-0.2, -0.15) is 0 Å². The van der Waals surface area contributed by atoms with Crippen LogP contribution in [0.15, 0.2) is 23.7 Å². The summed E-state index contributed by atoms with van der Waals surface area (Å²) in [4.78, 5) is 10.5. The first-order chi connectivity index (χ1) is 6.09. The summed E-state index contributed by atoms with van der Waals surface area (Å²) < 4.78 is 0. The molecule has 1 heterocycles. The summed E-state index contributed by atoms with van der Waals surface area (Å²) in [5.41, 5.74) is 11.6. The van der Waals surface area contributed by atoms with Crippen molar-refractivity contribution in [3.63, 3.8) is 0 Å². The number of hydrogen-bond acceptors (Lipinski definition) is 3. The van der Waals surface area contributed by atoms with Gasteiger partial charge in [-0.3, -0.25) is 10.7 Å². The van der Waals surface area contributed by atoms with Crippen LogP contribution < -0.4 is 21.9 Å². The average molecular weight is 182 g/mol. The molecule has 0 spiro atoms. The van der Waals surface area contributed by atoms with Crippen molar-refractivity contribution in [3.05, 3.63) is 23.7 Å². The van der Waals surface area contributed by atoms with Gasteiger partial charge >= 0.3 is 6.03 Å². The number of rotatable bonds is 2. The summed E-state index contributed by atoms with van der Waals surface area (Å²) in [6, 6.07) is -0.578. The molecule has 0 saturated heterocycles. The maximum Gasteiger partial charge on any atom is 0.317 e. The van der Waals surface area contributed by atoms with Gasteiger partial charge in [-0.25, -0.2) is 4.79 Å². The highest BCUT2D eigenvalue weighted by Crippen LogP contribution is 2.12. The van der Waals surface area contributed by atoms with Crippen LogP contribution in [0.4, 0.5) is 4.79 Å². The molecule has 0 aromatic rings. The molecule has 1 aliphatic heterocycles. The van der Waals surface area contributed by atoms with Crippen LogP contribution in [0.5, 0.6) is 0 Å². The van der Waals surface area contributed by atoms with Gasteiger partial charge in [-0.15, -0.1) is 0 Å². The Morgan fingerprint density at radius 1 is 1.62 bits per heavy atom. The molecule has 0 atom stereocenters. The standard InChI is InChI=1S/C8H14N4O/c1-5(2)6-3-7(11-8(9)13)12-10-4-6/h3-5,10,12H,1-2H3,(H3,9,11,13). The van der Waals surface area contributed by atoms with E-state index in [0.29, 0.717) is 11.7 Å². The third-order valence-electron chi connectivity index (χ3n) is 1.68. The maximum atomic E-state index is 10.5. The number of amides is 2. The van der Waals surface area contributed by atoms with Gasteiger partial charge in [0.15, 0.2) is 0 Å². The SMILES string of the molecule is CC(C)C1=CNNC(NC(N)=O)=C1. The second-order valence-electron chi connectivity index (χ2n) is 3.12. The normalized spacial score (nSPS) is 15.3. The fraction of sp³-hybridized carbons (Fsp3) is 0.375. The van der Waals surface area contributed by atoms with Crippen molar-refractivity contribution < 1.29 is 4.79 Å². The lowest BCUT2D eigenvalue weighted by atomic mass is 10.0. The van der Waals surface area contributed by atoms with Crippen molar-refractivity contribution in [2.24, 2.45) is 11.7 Å². The van der Waals surface area contributed by atoms with Crippen molar-refractivity contribution in [3.8, 4) is 0 Å². The van der Waals surface area contributed by atoms with Crippen LogP contribution in [0, 0.1) is 5.92 Å². The molecular weight excluding hydrogens is 168 g/mol. The first-order valence-corrected chi connectivity index (χ1v) is 4.09. The Bertz CT molecular complexity index is 267. The number of hydrogen-bond donors (Lipinski definition) is 4. The van der Waals surface area contributed by atoms with Crippen LogP contribution >= 0.6 is 0 Å². The van der Waals surface area contributed by atoms with Crippen LogP contribution in [0.2, 0.25) is 0 Å². The van der Waals surface area contributed by atoms with Gasteiger partial charge < -0.3 is 11.2 Å². The van der Waals surface area contributed by atoms with Gasteiger partial charge in [-0.1, -0.05) is 13.8 Å². The number of nitrogens with two attached hydrogens (primary N) is 1. The van der Waals surface area contributed by atoms with E-state index >= 15 is 0 Å². The van der Waals surface area contributed by atoms with Crippen molar-refractivity contribution >= 4 is 6.03 Å². The summed E-state index contributed by atoms with van der Waals surface area (Å²) in [7, 11) is 0. The number of urea groups is 1. The highest BCUT2D eigenvalue weighted by Gasteiger charge is 2.07. The van der Waals surface area contributed by atoms with Gasteiger partial charge in [0.2, 0.25) is 0 Å². The Morgan fingerprint density at radius 3 is 2.85 bits per heavy atom. The lowest BCUT2D eigenvalue weighted by Crippen LogP contribution is -2.41. The van der Waals surface area contributed by atoms with Crippen LogP contribution in [0.3, 0.4) is 0 Å². The molecule has 0 aliphatic carbocycles. The molecule has 5 N–H and O–H groups in total. The molecule has 1 aliphatic rings. The lowest BCUT2D eigenvalue weighted by molar-refractivity contribution is 0.250. The highest BCUT2D eigenvalue weighted by atomic mass is 16.2. The number of allylic oxidation sites excluding steroid dienone is 2. The minimum atomic E-state index is -0.578. The number of carbonyl (C=O) groups excluding carboxylic acids is 1. The lowest BCUT2D eigenvalue weighted by Gasteiger charge is -2.19. The first kappa shape index (κ1) is 9.44. The summed E-state index contributed by atoms with van der Waals surface area (Å²) in [5, 5.41) is 2.45. The van der Waals surface area contributed by atoms with Gasteiger partial charge in [0.25, 0.3) is 0 Å². The second kappa shape index (κ2) is 3.84. The van der Waals surface area contributed by atoms with Crippen LogP contribution in [0.1, 0.15) is 13.8 Å². The fourth-order valence-corrected chi connectivity index (χ4v) is 0.975. The van der Waals surface area contributed by atoms with Crippen molar-refractivity contribution in [2.45, 2.75) is 13.8 Å². The average Bonchev–Trinajstić information content (AvgIpc) is 2.03. The number of carbonyl (C=O) groups is 1. The molecule has 1 rings (SSSR count). The molecule has 72 valence electrons. The first-order valence-electron chi connectivity index (χ1n) is 4.09. The Labute approximate surface area is 77.0 Å². The van der Waals surface area contributed by atoms with Crippen molar-refractivity contribution in [1.82, 2.24) is 16.2 Å². The van der Waals surface area contributed by atoms with Gasteiger partial charge in [0.05, 0.1) is 0 Å². The molecule has 0 radical (unpaired) electrons. The molecular formula is C8H14N4O. The van der Waals surface area contributed by atoms with Crippen molar-refractivity contribution in [1.29, 1.82) is 0 Å². The Morgan fingerprint density at radius 2 is 2.31 bits per heavy atom. The summed E-state index contributed by atoms with van der Waals surface area (Å²) >= 11 is 0. The third-order valence-corrected chi connectivity index (χ3v) is 1.68. The predicted molar refractivity (Wildman–Crippen MR) is 50.0 cm³/mol. The zero-order valence-electron chi connectivity index (χ0n) is 7.72. The van der Waals surface area contributed by atoms with E-state index in [1.807, 2.05) is 12.3 Å². The molecule has 0 aromatic carbocycles. The number of nitrogens with one attached hydrogen (secondary N) is 3. The van der Waals surface area contributed by atoms with E-state index in [-0.39, 0.29) is 0 Å². The van der Waals surface area contributed by atoms with E-state index in [1.165, 1.54) is 0 Å². The molecule has 2 amide bonds. The zero-order chi connectivity index (χ0) is 9.84. The summed E-state index contributed by atoms with van der Waals surface area (Å²) in [6.45, 7) is 4.13. The Kier molecular flexibility index (Phi) is 2.79. The molecule has 5 nitrogen and oxygen atoms in total. The minimum absolute atomic E-state index is 0.402. The van der Waals surface area contributed by atoms with E-state index in [9.17, 15) is 4.79 Å². The zero-order valence-corrected chi connectivity index (χ0v) is 7.72.